The largest absolute Gasteiger partial charge is 0.326 e. The zero-order valence-electron chi connectivity index (χ0n) is 4.91. The maximum absolute atomic E-state index is 5.31. The number of nitrogens with zero attached hydrogens (tertiary/aromatic N) is 1. The van der Waals surface area contributed by atoms with Gasteiger partial charge < -0.3 is 5.73 Å². The molecule has 1 aromatic rings. The van der Waals surface area contributed by atoms with Crippen LogP contribution < -0.4 is 5.73 Å². The van der Waals surface area contributed by atoms with Crippen LogP contribution in [-0.4, -0.2) is 4.98 Å². The average molecular weight is 266 g/mol. The van der Waals surface area contributed by atoms with Crippen LogP contribution in [0.2, 0.25) is 0 Å². The highest BCUT2D eigenvalue weighted by Crippen LogP contribution is 2.17. The molecule has 0 atom stereocenters. The zero-order valence-corrected chi connectivity index (χ0v) is 8.95. The maximum Gasteiger partial charge on any atom is 0.159 e. The summed E-state index contributed by atoms with van der Waals surface area (Å²) in [5.74, 6) is 0. The molecule has 0 aromatic carbocycles. The molecule has 0 bridgehead atoms. The summed E-state index contributed by atoms with van der Waals surface area (Å²) in [6.45, 7) is 0.587. The van der Waals surface area contributed by atoms with Crippen LogP contribution in [0.4, 0.5) is 0 Å². The lowest BCUT2D eigenvalue weighted by Crippen LogP contribution is -1.91. The van der Waals surface area contributed by atoms with Crippen molar-refractivity contribution >= 4 is 52.1 Å². The van der Waals surface area contributed by atoms with Gasteiger partial charge in [0.25, 0.3) is 0 Å². The fraction of sp³-hybridized carbons (Fsp3) is 0.250. The predicted octanol–water partition coefficient (Wildman–Crippen LogP) is 2.21. The van der Waals surface area contributed by atoms with E-state index in [9.17, 15) is 0 Å². The third kappa shape index (κ3) is 3.73. The molecule has 0 fully saturated rings. The van der Waals surface area contributed by atoms with Crippen LogP contribution in [0.15, 0.2) is 10.1 Å². The van der Waals surface area contributed by atoms with Gasteiger partial charge in [-0.25, -0.2) is 4.98 Å². The molecule has 1 aromatic heterocycles. The summed E-state index contributed by atoms with van der Waals surface area (Å²) in [5, 5.41) is 0. The topological polar surface area (TPSA) is 38.9 Å². The SMILES string of the molecule is Cl.Cl.NCc1cnc(Br)s1. The minimum Gasteiger partial charge on any atom is -0.326 e. The molecule has 1 rings (SSSR count). The Kier molecular flexibility index (Phi) is 8.44. The molecule has 0 aliphatic rings. The van der Waals surface area contributed by atoms with Crippen molar-refractivity contribution in [3.8, 4) is 0 Å². The second-order valence-electron chi connectivity index (χ2n) is 1.28. The lowest BCUT2D eigenvalue weighted by molar-refractivity contribution is 1.09. The van der Waals surface area contributed by atoms with Crippen LogP contribution in [0, 0.1) is 0 Å². The molecule has 0 spiro atoms. The monoisotopic (exact) mass is 264 g/mol. The summed E-state index contributed by atoms with van der Waals surface area (Å²) >= 11 is 4.79. The van der Waals surface area contributed by atoms with Crippen LogP contribution >= 0.6 is 52.1 Å². The molecule has 0 unspecified atom stereocenters. The van der Waals surface area contributed by atoms with Crippen molar-refractivity contribution < 1.29 is 0 Å². The number of aromatic nitrogens is 1. The summed E-state index contributed by atoms with van der Waals surface area (Å²) in [6, 6.07) is 0. The van der Waals surface area contributed by atoms with E-state index in [1.807, 2.05) is 0 Å². The molecular weight excluding hydrogens is 259 g/mol. The van der Waals surface area contributed by atoms with E-state index in [1.54, 1.807) is 17.5 Å². The second kappa shape index (κ2) is 6.37. The molecule has 2 nitrogen and oxygen atoms in total. The Morgan fingerprint density at radius 3 is 2.40 bits per heavy atom. The molecule has 6 heteroatoms. The molecule has 0 saturated carbocycles. The van der Waals surface area contributed by atoms with Crippen LogP contribution in [0.5, 0.6) is 0 Å². The Morgan fingerprint density at radius 2 is 2.20 bits per heavy atom. The molecule has 0 radical (unpaired) electrons. The van der Waals surface area contributed by atoms with E-state index in [0.717, 1.165) is 8.79 Å². The predicted molar refractivity (Wildman–Crippen MR) is 52.2 cm³/mol. The molecular formula is C4H7BrCl2N2S. The summed E-state index contributed by atoms with van der Waals surface area (Å²) in [7, 11) is 0. The Balaban J connectivity index is 0. The molecule has 0 aliphatic heterocycles. The van der Waals surface area contributed by atoms with Crippen LogP contribution in [0.25, 0.3) is 0 Å². The highest BCUT2D eigenvalue weighted by molar-refractivity contribution is 9.11. The number of hydrogen-bond acceptors (Lipinski definition) is 3. The van der Waals surface area contributed by atoms with Gasteiger partial charge in [-0.1, -0.05) is 0 Å². The highest BCUT2D eigenvalue weighted by Gasteiger charge is 1.92. The molecule has 10 heavy (non-hydrogen) atoms. The Hall–Kier alpha value is 0.650. The van der Waals surface area contributed by atoms with E-state index in [-0.39, 0.29) is 24.8 Å². The molecule has 0 saturated heterocycles. The summed E-state index contributed by atoms with van der Waals surface area (Å²) in [4.78, 5) is 5.05. The van der Waals surface area contributed by atoms with Crippen LogP contribution in [0.1, 0.15) is 4.88 Å². The quantitative estimate of drug-likeness (QED) is 0.846. The van der Waals surface area contributed by atoms with Gasteiger partial charge in [-0.2, -0.15) is 0 Å². The lowest BCUT2D eigenvalue weighted by Gasteiger charge is -1.78. The fourth-order valence-corrected chi connectivity index (χ4v) is 1.61. The van der Waals surface area contributed by atoms with Crippen LogP contribution in [0.3, 0.4) is 0 Å². The average Bonchev–Trinajstić information content (AvgIpc) is 2.14. The molecule has 60 valence electrons. The van der Waals surface area contributed by atoms with Crippen molar-refractivity contribution in [2.75, 3.05) is 0 Å². The van der Waals surface area contributed by atoms with E-state index in [1.165, 1.54) is 0 Å². The Morgan fingerprint density at radius 1 is 1.60 bits per heavy atom. The summed E-state index contributed by atoms with van der Waals surface area (Å²) in [6.07, 6.45) is 1.77. The van der Waals surface area contributed by atoms with Gasteiger partial charge in [0.1, 0.15) is 0 Å². The molecule has 1 heterocycles. The second-order valence-corrected chi connectivity index (χ2v) is 3.67. The van der Waals surface area contributed by atoms with Crippen LogP contribution in [-0.2, 0) is 6.54 Å². The van der Waals surface area contributed by atoms with Gasteiger partial charge in [0.05, 0.1) is 0 Å². The Bertz CT molecular complexity index is 182. The van der Waals surface area contributed by atoms with Crippen molar-refractivity contribution in [2.24, 2.45) is 5.73 Å². The summed E-state index contributed by atoms with van der Waals surface area (Å²) in [5.41, 5.74) is 5.31. The van der Waals surface area contributed by atoms with Gasteiger partial charge in [-0.15, -0.1) is 36.2 Å². The number of thiazole rings is 1. The van der Waals surface area contributed by atoms with Crippen molar-refractivity contribution in [1.29, 1.82) is 0 Å². The third-order valence-corrected chi connectivity index (χ3v) is 2.23. The van der Waals surface area contributed by atoms with Gasteiger partial charge in [0.15, 0.2) is 3.92 Å². The normalized spacial score (nSPS) is 7.80. The standard InChI is InChI=1S/C4H5BrN2S.2ClH/c5-4-7-2-3(1-6)8-4;;/h2H,1,6H2;2*1H. The molecule has 0 amide bonds. The van der Waals surface area contributed by atoms with Gasteiger partial charge in [0, 0.05) is 17.6 Å². The van der Waals surface area contributed by atoms with Gasteiger partial charge in [-0.3, -0.25) is 0 Å². The maximum atomic E-state index is 5.31. The first-order chi connectivity index (χ1) is 3.83. The van der Waals surface area contributed by atoms with Crippen molar-refractivity contribution in [2.45, 2.75) is 6.54 Å². The minimum absolute atomic E-state index is 0. The van der Waals surface area contributed by atoms with Crippen molar-refractivity contribution in [3.63, 3.8) is 0 Å². The number of hydrogen-bond donors (Lipinski definition) is 1. The first-order valence-corrected chi connectivity index (χ1v) is 3.74. The molecule has 0 aliphatic carbocycles. The first kappa shape index (κ1) is 13.3. The van der Waals surface area contributed by atoms with E-state index in [4.69, 9.17) is 5.73 Å². The van der Waals surface area contributed by atoms with E-state index in [2.05, 4.69) is 20.9 Å². The first-order valence-electron chi connectivity index (χ1n) is 2.13. The van der Waals surface area contributed by atoms with Gasteiger partial charge in [-0.05, 0) is 15.9 Å². The van der Waals surface area contributed by atoms with E-state index >= 15 is 0 Å². The fourth-order valence-electron chi connectivity index (χ4n) is 0.378. The zero-order chi connectivity index (χ0) is 5.98. The number of halogens is 3. The molecule has 2 N–H and O–H groups in total. The van der Waals surface area contributed by atoms with E-state index in [0.29, 0.717) is 6.54 Å². The third-order valence-electron chi connectivity index (χ3n) is 0.727. The number of rotatable bonds is 1. The summed E-state index contributed by atoms with van der Waals surface area (Å²) < 4.78 is 0.901. The highest BCUT2D eigenvalue weighted by atomic mass is 79.9. The van der Waals surface area contributed by atoms with Crippen molar-refractivity contribution in [1.82, 2.24) is 4.98 Å². The van der Waals surface area contributed by atoms with Crippen molar-refractivity contribution in [3.05, 3.63) is 15.0 Å². The van der Waals surface area contributed by atoms with Gasteiger partial charge in [0.2, 0.25) is 0 Å². The Labute approximate surface area is 84.2 Å². The smallest absolute Gasteiger partial charge is 0.159 e. The lowest BCUT2D eigenvalue weighted by atomic mass is 10.6. The number of nitrogens with two attached hydrogens (primary N) is 1. The van der Waals surface area contributed by atoms with Gasteiger partial charge >= 0.3 is 0 Å². The minimum atomic E-state index is 0. The van der Waals surface area contributed by atoms with E-state index < -0.39 is 0 Å².